The molecule has 592 valence electrons. The molecule has 9 N–H and O–H groups in total. The number of hydrogen-bond donors (Lipinski definition) is 8. The van der Waals surface area contributed by atoms with Crippen LogP contribution in [-0.4, -0.2) is 260 Å². The molecule has 0 spiro atoms. The van der Waals surface area contributed by atoms with Gasteiger partial charge in [-0.2, -0.15) is 0 Å². The zero-order valence-corrected chi connectivity index (χ0v) is 64.9. The van der Waals surface area contributed by atoms with E-state index in [1.165, 1.54) is 71.7 Å². The molecule has 0 heterocycles. The fraction of sp³-hybridized carbons (Fsp3) is 0.467. The number of fused-ring (bicyclic) bond motifs is 9. The summed E-state index contributed by atoms with van der Waals surface area (Å²) in [6, 6.07) is 49.2. The number of carboxylic acid groups (broad SMARTS) is 1. The monoisotopic (exact) mass is 1570 g/mol. The second-order valence-corrected chi connectivity index (χ2v) is 22.8. The third-order valence-electron chi connectivity index (χ3n) is 15.0. The molecule has 2 amide bonds. The van der Waals surface area contributed by atoms with Gasteiger partial charge in [-0.15, -0.1) is 11.6 Å². The van der Waals surface area contributed by atoms with Crippen molar-refractivity contribution in [2.75, 3.05) is 210 Å². The van der Waals surface area contributed by atoms with E-state index >= 15 is 0 Å². The van der Waals surface area contributed by atoms with Crippen molar-refractivity contribution < 1.29 is 136 Å². The number of aliphatic hydroxyl groups excluding tert-OH is 4. The van der Waals surface area contributed by atoms with Crippen LogP contribution in [0.2, 0.25) is 0 Å². The molecular weight excluding hydrogens is 1470 g/mol. The number of nitrogens with zero attached hydrogens (tertiary/aromatic N) is 6. The van der Waals surface area contributed by atoms with E-state index in [4.69, 9.17) is 133 Å². The van der Waals surface area contributed by atoms with Crippen molar-refractivity contribution in [3.8, 4) is 33.4 Å². The summed E-state index contributed by atoms with van der Waals surface area (Å²) in [6.45, 7) is 10.2. The Hall–Kier alpha value is -7.60. The SMILES string of the molecule is NCCOCCOCCO.O=C(Cl)OCC1c2ccccc2-c2ccccc21.O=C(NCCOCCOCCO)OCC1c2ccccc2-c2ccccc21.O=C(O)COCCOCCNC(=O)OCC1c2ccccc2-c2ccccc21.OCCOCCOCCCl.[N-]=[N+]=NCCOCCOCCO.[N-]=[N+]=[N-].[Na+]. The maximum Gasteiger partial charge on any atom is 1.00 e. The minimum Gasteiger partial charge on any atom is -0.480 e. The standard InChI is InChI=1S/C21H23NO6.C21H25NO5.C15H11ClO2.C6H13ClO3.C6H13N3O3.C6H15NO3.N3.Na/c23-20(24)14-27-12-11-26-10-9-22-21(25)28-13-19-17-7-3-1-5-15(17)16-6-2-4-8-18(16)19;23-10-12-26-14-13-25-11-9-22-21(24)27-15-20-18-7-3-1-5-16(18)17-6-2-4-8-19(17)20;16-15(17)18-9-14-12-7-3-1-5-10(12)11-6-2-4-8-13(11)14;7-1-3-9-5-6-10-4-2-8;7-9-8-1-3-11-5-6-12-4-2-10;7-1-3-9-5-6-10-4-2-8;1-3-2;/h1-8,19H,9-14H2,(H,22,25)(H,23,24);1-8,20,23H,9-15H2,(H,22,24);1-8,14H,9H2;8H,1-6H2;10H,1-6H2;8H,1-7H2;;/q;;;;;;-1;+1. The van der Waals surface area contributed by atoms with Gasteiger partial charge in [0.15, 0.2) is 0 Å². The van der Waals surface area contributed by atoms with E-state index < -0.39 is 23.6 Å². The molecule has 0 fully saturated rings. The number of carbonyl (C=O) groups excluding carboxylic acids is 3. The number of amides is 2. The van der Waals surface area contributed by atoms with E-state index in [2.05, 4.69) is 93.5 Å². The van der Waals surface area contributed by atoms with Gasteiger partial charge in [0, 0.05) is 66.3 Å². The zero-order valence-electron chi connectivity index (χ0n) is 61.4. The Morgan fingerprint density at radius 3 is 0.945 bits per heavy atom. The fourth-order valence-electron chi connectivity index (χ4n) is 10.6. The number of halogens is 2. The van der Waals surface area contributed by atoms with Gasteiger partial charge in [-0.25, -0.2) is 19.2 Å². The topological polar surface area (TPSA) is 447 Å². The molecule has 9 rings (SSSR count). The number of benzene rings is 6. The van der Waals surface area contributed by atoms with Crippen LogP contribution in [0.1, 0.15) is 51.1 Å². The third kappa shape index (κ3) is 41.3. The first kappa shape index (κ1) is 97.5. The summed E-state index contributed by atoms with van der Waals surface area (Å²) in [7, 11) is 0. The Labute approximate surface area is 667 Å². The van der Waals surface area contributed by atoms with E-state index in [9.17, 15) is 19.2 Å². The molecule has 109 heavy (non-hydrogen) atoms. The number of hydrogen-bond acceptors (Lipinski definition) is 23. The first-order chi connectivity index (χ1) is 52.9. The summed E-state index contributed by atoms with van der Waals surface area (Å²) in [5.41, 5.74) is 40.1. The van der Waals surface area contributed by atoms with E-state index in [0.29, 0.717) is 151 Å². The number of rotatable bonds is 44. The van der Waals surface area contributed by atoms with Crippen molar-refractivity contribution in [1.82, 2.24) is 10.6 Å². The summed E-state index contributed by atoms with van der Waals surface area (Å²) in [5.74, 6) is -0.333. The summed E-state index contributed by atoms with van der Waals surface area (Å²) in [6.07, 6.45) is -0.940. The molecule has 0 aliphatic heterocycles. The number of aliphatic carboxylic acids is 1. The van der Waals surface area contributed by atoms with Gasteiger partial charge in [0.1, 0.15) is 26.4 Å². The van der Waals surface area contributed by atoms with Gasteiger partial charge >= 0.3 is 53.1 Å². The number of carbonyl (C=O) groups is 4. The van der Waals surface area contributed by atoms with Crippen LogP contribution in [0.4, 0.5) is 14.4 Å². The quantitative estimate of drug-likeness (QED) is 0.00285. The molecule has 0 aromatic heterocycles. The van der Waals surface area contributed by atoms with Crippen molar-refractivity contribution in [1.29, 1.82) is 0 Å². The van der Waals surface area contributed by atoms with Crippen molar-refractivity contribution in [2.45, 2.75) is 17.8 Å². The second kappa shape index (κ2) is 65.1. The van der Waals surface area contributed by atoms with Crippen molar-refractivity contribution in [3.05, 3.63) is 205 Å². The van der Waals surface area contributed by atoms with Crippen LogP contribution in [0.25, 0.3) is 59.8 Å². The Bertz CT molecular complexity index is 3350. The number of aliphatic hydroxyl groups is 4. The first-order valence-electron chi connectivity index (χ1n) is 34.8. The van der Waals surface area contributed by atoms with Gasteiger partial charge in [-0.1, -0.05) is 151 Å². The maximum atomic E-state index is 12.0. The first-order valence-corrected chi connectivity index (χ1v) is 35.7. The van der Waals surface area contributed by atoms with Crippen molar-refractivity contribution in [3.63, 3.8) is 0 Å². The van der Waals surface area contributed by atoms with Gasteiger partial charge < -0.3 is 115 Å². The van der Waals surface area contributed by atoms with Gasteiger partial charge in [-0.05, 0) is 72.3 Å². The average molecular weight is 1570 g/mol. The van der Waals surface area contributed by atoms with Crippen LogP contribution in [0.3, 0.4) is 0 Å². The molecule has 31 nitrogen and oxygen atoms in total. The van der Waals surface area contributed by atoms with Crippen LogP contribution >= 0.6 is 23.2 Å². The summed E-state index contributed by atoms with van der Waals surface area (Å²) >= 11 is 10.6. The smallest absolute Gasteiger partial charge is 0.480 e. The number of alkyl halides is 1. The van der Waals surface area contributed by atoms with E-state index in [-0.39, 0.29) is 107 Å². The second-order valence-electron chi connectivity index (χ2n) is 22.2. The molecule has 6 aromatic rings. The molecule has 0 atom stereocenters. The molecule has 3 aliphatic carbocycles. The molecule has 0 unspecified atom stereocenters. The van der Waals surface area contributed by atoms with Gasteiger partial charge in [-0.3, -0.25) is 4.91 Å². The molecule has 0 radical (unpaired) electrons. The fourth-order valence-corrected chi connectivity index (χ4v) is 10.7. The summed E-state index contributed by atoms with van der Waals surface area (Å²) in [4.78, 5) is 49.0. The number of nitrogens with two attached hydrogens (primary N) is 1. The van der Waals surface area contributed by atoms with Crippen LogP contribution in [0, 0.1) is 0 Å². The van der Waals surface area contributed by atoms with Crippen LogP contribution in [-0.2, 0) is 66.4 Å². The molecule has 6 aromatic carbocycles. The zero-order chi connectivity index (χ0) is 78.3. The third-order valence-corrected chi connectivity index (χ3v) is 15.2. The Morgan fingerprint density at radius 2 is 0.670 bits per heavy atom. The van der Waals surface area contributed by atoms with Gasteiger partial charge in [0.25, 0.3) is 0 Å². The maximum absolute atomic E-state index is 12.0. The number of azide groups is 1. The largest absolute Gasteiger partial charge is 1.00 e. The van der Waals surface area contributed by atoms with E-state index in [1.54, 1.807) is 0 Å². The minimum absolute atomic E-state index is 0. The van der Waals surface area contributed by atoms with E-state index in [1.807, 2.05) is 72.8 Å². The Kier molecular flexibility index (Phi) is 58.3. The van der Waals surface area contributed by atoms with Crippen molar-refractivity contribution >= 4 is 46.8 Å². The number of ether oxygens (including phenoxy) is 13. The van der Waals surface area contributed by atoms with E-state index in [0.717, 1.165) is 0 Å². The number of alkyl carbamates (subject to hydrolysis) is 2. The Morgan fingerprint density at radius 1 is 0.404 bits per heavy atom. The Balaban J connectivity index is 0.000000461. The van der Waals surface area contributed by atoms with Crippen LogP contribution in [0.5, 0.6) is 0 Å². The molecule has 3 aliphatic rings. The van der Waals surface area contributed by atoms with Crippen molar-refractivity contribution in [2.24, 2.45) is 10.8 Å². The normalized spacial score (nSPS) is 11.4. The molecular formula is C75H100Cl2N9NaO22. The minimum atomic E-state index is -1.02. The number of carboxylic acids is 1. The van der Waals surface area contributed by atoms with Crippen LogP contribution in [0.15, 0.2) is 151 Å². The van der Waals surface area contributed by atoms with Gasteiger partial charge in [0.2, 0.25) is 0 Å². The molecule has 0 bridgehead atoms. The molecule has 34 heteroatoms. The predicted molar refractivity (Wildman–Crippen MR) is 405 cm³/mol. The summed E-state index contributed by atoms with van der Waals surface area (Å²) in [5, 5.41) is 50.5. The molecule has 0 saturated heterocycles. The summed E-state index contributed by atoms with van der Waals surface area (Å²) < 4.78 is 66.0. The van der Waals surface area contributed by atoms with Gasteiger partial charge in [0.05, 0.1) is 152 Å². The van der Waals surface area contributed by atoms with Crippen LogP contribution < -0.4 is 45.9 Å². The number of nitrogens with one attached hydrogen (secondary N) is 2. The predicted octanol–water partition coefficient (Wildman–Crippen LogP) is 6.78. The average Bonchev–Trinajstić information content (AvgIpc) is 1.64. The molecule has 0 saturated carbocycles.